The lowest BCUT2D eigenvalue weighted by atomic mass is 10.1. The van der Waals surface area contributed by atoms with Crippen LogP contribution >= 0.6 is 11.6 Å². The average molecular weight is 385 g/mol. The Bertz CT molecular complexity index is 930. The number of amides is 1. The van der Waals surface area contributed by atoms with Crippen molar-refractivity contribution in [3.05, 3.63) is 82.5 Å². The second kappa shape index (κ2) is 8.60. The molecule has 0 saturated heterocycles. The molecule has 0 bridgehead atoms. The first kappa shape index (κ1) is 18.8. The third kappa shape index (κ3) is 5.49. The lowest BCUT2D eigenvalue weighted by Crippen LogP contribution is -2.16. The number of benzene rings is 2. The third-order valence-electron chi connectivity index (χ3n) is 3.81. The maximum atomic E-state index is 13.0. The van der Waals surface area contributed by atoms with Gasteiger partial charge in [0.2, 0.25) is 0 Å². The van der Waals surface area contributed by atoms with Gasteiger partial charge in [0, 0.05) is 23.3 Å². The number of nitrogens with one attached hydrogen (secondary N) is 2. The minimum absolute atomic E-state index is 0.237. The molecular formula is C20H18ClFN4O. The predicted octanol–water partition coefficient (Wildman–Crippen LogP) is 4.48. The third-order valence-corrected chi connectivity index (χ3v) is 4.06. The summed E-state index contributed by atoms with van der Waals surface area (Å²) in [7, 11) is 0. The van der Waals surface area contributed by atoms with Gasteiger partial charge in [-0.15, -0.1) is 0 Å². The fourth-order valence-electron chi connectivity index (χ4n) is 2.49. The molecule has 7 heteroatoms. The van der Waals surface area contributed by atoms with Gasteiger partial charge in [-0.2, -0.15) is 0 Å². The molecule has 0 atom stereocenters. The van der Waals surface area contributed by atoms with E-state index in [0.717, 1.165) is 12.0 Å². The Morgan fingerprint density at radius 2 is 1.78 bits per heavy atom. The number of carbonyl (C=O) groups excluding carboxylic acids is 1. The topological polar surface area (TPSA) is 66.9 Å². The molecule has 0 saturated carbocycles. The van der Waals surface area contributed by atoms with Crippen LogP contribution in [-0.4, -0.2) is 22.4 Å². The van der Waals surface area contributed by atoms with Crippen LogP contribution in [0.15, 0.2) is 54.6 Å². The predicted molar refractivity (Wildman–Crippen MR) is 105 cm³/mol. The Labute approximate surface area is 161 Å². The number of hydrogen-bond donors (Lipinski definition) is 2. The molecule has 2 aromatic carbocycles. The highest BCUT2D eigenvalue weighted by atomic mass is 35.5. The largest absolute Gasteiger partial charge is 0.370 e. The molecule has 0 unspecified atom stereocenters. The van der Waals surface area contributed by atoms with Crippen molar-refractivity contribution >= 4 is 29.0 Å². The molecule has 1 amide bonds. The Balaban J connectivity index is 1.63. The van der Waals surface area contributed by atoms with Gasteiger partial charge in [0.1, 0.15) is 23.2 Å². The zero-order valence-electron chi connectivity index (χ0n) is 14.7. The number of aryl methyl sites for hydroxylation is 1. The summed E-state index contributed by atoms with van der Waals surface area (Å²) in [5.74, 6) is 0.308. The lowest BCUT2D eigenvalue weighted by molar-refractivity contribution is 0.102. The van der Waals surface area contributed by atoms with Crippen LogP contribution in [0.3, 0.4) is 0 Å². The van der Waals surface area contributed by atoms with Gasteiger partial charge in [0.05, 0.1) is 0 Å². The molecule has 0 aliphatic rings. The minimum Gasteiger partial charge on any atom is -0.370 e. The average Bonchev–Trinajstić information content (AvgIpc) is 2.65. The van der Waals surface area contributed by atoms with Gasteiger partial charge in [-0.3, -0.25) is 4.79 Å². The minimum atomic E-state index is -0.382. The van der Waals surface area contributed by atoms with Crippen molar-refractivity contribution in [2.24, 2.45) is 0 Å². The van der Waals surface area contributed by atoms with Gasteiger partial charge in [-0.1, -0.05) is 23.7 Å². The van der Waals surface area contributed by atoms with Crippen molar-refractivity contribution in [2.75, 3.05) is 17.2 Å². The van der Waals surface area contributed by atoms with E-state index in [4.69, 9.17) is 11.6 Å². The summed E-state index contributed by atoms with van der Waals surface area (Å²) in [6.07, 6.45) is 0.789. The van der Waals surface area contributed by atoms with Gasteiger partial charge >= 0.3 is 0 Å². The van der Waals surface area contributed by atoms with Crippen molar-refractivity contribution in [1.29, 1.82) is 0 Å². The van der Waals surface area contributed by atoms with Crippen LogP contribution in [0, 0.1) is 12.7 Å². The molecule has 0 radical (unpaired) electrons. The number of hydrogen-bond acceptors (Lipinski definition) is 4. The molecule has 1 heterocycles. The highest BCUT2D eigenvalue weighted by Crippen LogP contribution is 2.13. The van der Waals surface area contributed by atoms with Crippen molar-refractivity contribution in [1.82, 2.24) is 9.97 Å². The number of halogens is 2. The first-order chi connectivity index (χ1) is 13.0. The maximum Gasteiger partial charge on any atom is 0.274 e. The van der Waals surface area contributed by atoms with E-state index in [-0.39, 0.29) is 17.4 Å². The molecule has 1 aromatic heterocycles. The standard InChI is InChI=1S/C20H18ClFN4O/c1-13-24-18(20(27)26-17-8-6-16(22)7-9-17)12-19(25-13)23-11-10-14-2-4-15(21)5-3-14/h2-9,12H,10-11H2,1H3,(H,26,27)(H,23,24,25). The molecule has 3 rings (SSSR count). The monoisotopic (exact) mass is 384 g/mol. The van der Waals surface area contributed by atoms with E-state index >= 15 is 0 Å². The summed E-state index contributed by atoms with van der Waals surface area (Å²) in [6.45, 7) is 2.37. The zero-order chi connectivity index (χ0) is 19.2. The number of nitrogens with zero attached hydrogens (tertiary/aromatic N) is 2. The summed E-state index contributed by atoms with van der Waals surface area (Å²) in [5, 5.41) is 6.60. The Morgan fingerprint density at radius 3 is 2.48 bits per heavy atom. The van der Waals surface area contributed by atoms with Gasteiger partial charge in [-0.05, 0) is 55.3 Å². The molecule has 27 heavy (non-hydrogen) atoms. The van der Waals surface area contributed by atoms with Crippen molar-refractivity contribution in [3.63, 3.8) is 0 Å². The van der Waals surface area contributed by atoms with E-state index in [1.807, 2.05) is 24.3 Å². The fourth-order valence-corrected chi connectivity index (χ4v) is 2.61. The summed E-state index contributed by atoms with van der Waals surface area (Å²) in [5.41, 5.74) is 1.88. The van der Waals surface area contributed by atoms with Gasteiger partial charge < -0.3 is 10.6 Å². The quantitative estimate of drug-likeness (QED) is 0.657. The second-order valence-electron chi connectivity index (χ2n) is 5.95. The van der Waals surface area contributed by atoms with E-state index in [0.29, 0.717) is 28.9 Å². The fraction of sp³-hybridized carbons (Fsp3) is 0.150. The lowest BCUT2D eigenvalue weighted by Gasteiger charge is -2.09. The number of aromatic nitrogens is 2. The number of carbonyl (C=O) groups is 1. The van der Waals surface area contributed by atoms with Crippen LogP contribution in [-0.2, 0) is 6.42 Å². The zero-order valence-corrected chi connectivity index (χ0v) is 15.4. The van der Waals surface area contributed by atoms with Crippen LogP contribution in [0.1, 0.15) is 21.9 Å². The first-order valence-electron chi connectivity index (χ1n) is 8.40. The molecule has 0 spiro atoms. The molecule has 0 aliphatic heterocycles. The summed E-state index contributed by atoms with van der Waals surface area (Å²) in [6, 6.07) is 14.8. The highest BCUT2D eigenvalue weighted by Gasteiger charge is 2.11. The van der Waals surface area contributed by atoms with Crippen molar-refractivity contribution in [3.8, 4) is 0 Å². The van der Waals surface area contributed by atoms with Crippen LogP contribution in [0.5, 0.6) is 0 Å². The van der Waals surface area contributed by atoms with E-state index in [1.54, 1.807) is 13.0 Å². The molecule has 0 aliphatic carbocycles. The van der Waals surface area contributed by atoms with E-state index in [1.165, 1.54) is 24.3 Å². The van der Waals surface area contributed by atoms with E-state index < -0.39 is 0 Å². The van der Waals surface area contributed by atoms with Gasteiger partial charge in [0.15, 0.2) is 0 Å². The molecule has 2 N–H and O–H groups in total. The molecule has 5 nitrogen and oxygen atoms in total. The number of rotatable bonds is 6. The Hall–Kier alpha value is -2.99. The van der Waals surface area contributed by atoms with Crippen LogP contribution < -0.4 is 10.6 Å². The SMILES string of the molecule is Cc1nc(NCCc2ccc(Cl)cc2)cc(C(=O)Nc2ccc(F)cc2)n1. The molecule has 138 valence electrons. The molecule has 0 fully saturated rings. The second-order valence-corrected chi connectivity index (χ2v) is 6.39. The maximum absolute atomic E-state index is 13.0. The Kier molecular flexibility index (Phi) is 5.98. The van der Waals surface area contributed by atoms with E-state index in [9.17, 15) is 9.18 Å². The van der Waals surface area contributed by atoms with Crippen molar-refractivity contribution < 1.29 is 9.18 Å². The molecule has 3 aromatic rings. The highest BCUT2D eigenvalue weighted by molar-refractivity contribution is 6.30. The normalized spacial score (nSPS) is 10.5. The summed E-state index contributed by atoms with van der Waals surface area (Å²) >= 11 is 5.88. The smallest absolute Gasteiger partial charge is 0.274 e. The van der Waals surface area contributed by atoms with Gasteiger partial charge in [0.25, 0.3) is 5.91 Å². The first-order valence-corrected chi connectivity index (χ1v) is 8.78. The van der Waals surface area contributed by atoms with E-state index in [2.05, 4.69) is 20.6 Å². The van der Waals surface area contributed by atoms with Crippen LogP contribution in [0.25, 0.3) is 0 Å². The Morgan fingerprint density at radius 1 is 1.07 bits per heavy atom. The summed E-state index contributed by atoms with van der Waals surface area (Å²) < 4.78 is 13.0. The van der Waals surface area contributed by atoms with Crippen LogP contribution in [0.2, 0.25) is 5.02 Å². The van der Waals surface area contributed by atoms with Crippen molar-refractivity contribution in [2.45, 2.75) is 13.3 Å². The van der Waals surface area contributed by atoms with Gasteiger partial charge in [-0.25, -0.2) is 14.4 Å². The number of anilines is 2. The van der Waals surface area contributed by atoms with Crippen LogP contribution in [0.4, 0.5) is 15.9 Å². The molecular weight excluding hydrogens is 367 g/mol. The summed E-state index contributed by atoms with van der Waals surface area (Å²) in [4.78, 5) is 20.9.